The highest BCUT2D eigenvalue weighted by Gasteiger charge is 2.30. The van der Waals surface area contributed by atoms with Gasteiger partial charge in [-0.2, -0.15) is 0 Å². The van der Waals surface area contributed by atoms with Crippen molar-refractivity contribution in [3.8, 4) is 0 Å². The molecule has 0 amide bonds. The van der Waals surface area contributed by atoms with Crippen LogP contribution in [0.15, 0.2) is 72.9 Å². The Balaban J connectivity index is 2.22. The van der Waals surface area contributed by atoms with Crippen LogP contribution in [0.2, 0.25) is 13.1 Å². The Morgan fingerprint density at radius 2 is 1.53 bits per heavy atom. The van der Waals surface area contributed by atoms with Gasteiger partial charge in [-0.1, -0.05) is 66.4 Å². The van der Waals surface area contributed by atoms with Gasteiger partial charge < -0.3 is 4.12 Å². The molecule has 0 spiro atoms. The minimum atomic E-state index is -2.02. The fourth-order valence-electron chi connectivity index (χ4n) is 2.16. The van der Waals surface area contributed by atoms with E-state index >= 15 is 0 Å². The molecule has 2 aromatic carbocycles. The van der Waals surface area contributed by atoms with Crippen LogP contribution in [0.4, 0.5) is 0 Å². The molecule has 0 fully saturated rings. The lowest BCUT2D eigenvalue weighted by molar-refractivity contribution is 0.602. The summed E-state index contributed by atoms with van der Waals surface area (Å²) >= 11 is 0. The first-order valence-electron chi connectivity index (χ1n) is 6.57. The van der Waals surface area contributed by atoms with E-state index in [0.29, 0.717) is 0 Å². The molecule has 2 rings (SSSR count). The third kappa shape index (κ3) is 3.32. The van der Waals surface area contributed by atoms with E-state index in [1.165, 1.54) is 10.4 Å². The van der Waals surface area contributed by atoms with Gasteiger partial charge in [-0.05, 0) is 23.5 Å². The number of hydrogen-bond acceptors (Lipinski definition) is 1. The number of hydrogen-bond donors (Lipinski definition) is 0. The van der Waals surface area contributed by atoms with Gasteiger partial charge in [-0.3, -0.25) is 0 Å². The van der Waals surface area contributed by atoms with E-state index in [2.05, 4.69) is 68.2 Å². The maximum Gasteiger partial charge on any atom is 0.234 e. The second-order valence-corrected chi connectivity index (χ2v) is 10.9. The molecule has 19 heavy (non-hydrogen) atoms. The van der Waals surface area contributed by atoms with Crippen LogP contribution in [0.3, 0.4) is 0 Å². The Labute approximate surface area is 118 Å². The van der Waals surface area contributed by atoms with E-state index in [0.717, 1.165) is 0 Å². The average Bonchev–Trinajstić information content (AvgIpc) is 2.49. The van der Waals surface area contributed by atoms with Gasteiger partial charge in [0.15, 0.2) is 9.04 Å². The normalized spacial score (nSPS) is 15.5. The quantitative estimate of drug-likeness (QED) is 0.767. The minimum absolute atomic E-state index is 1.29. The van der Waals surface area contributed by atoms with Crippen LogP contribution in [0.5, 0.6) is 0 Å². The molecular weight excluding hydrogens is 264 g/mol. The molecule has 0 bridgehead atoms. The van der Waals surface area contributed by atoms with Crippen LogP contribution in [0.1, 0.15) is 0 Å². The first-order valence-corrected chi connectivity index (χ1v) is 11.3. The zero-order valence-corrected chi connectivity index (χ0v) is 13.7. The smallest absolute Gasteiger partial charge is 0.234 e. The predicted octanol–water partition coefficient (Wildman–Crippen LogP) is 2.47. The standard InChI is InChI=1S/C16H20OSi2/c1-4-19(3,16-13-9-6-10-14-16)17-18(2)15-11-7-5-8-12-15/h4-14,18H,1H2,2-3H3. The molecular formula is C16H20OSi2. The lowest BCUT2D eigenvalue weighted by atomic mass is 10.4. The van der Waals surface area contributed by atoms with E-state index in [1.54, 1.807) is 0 Å². The van der Waals surface area contributed by atoms with Crippen molar-refractivity contribution in [3.63, 3.8) is 0 Å². The molecule has 2 atom stereocenters. The van der Waals surface area contributed by atoms with E-state index in [4.69, 9.17) is 4.12 Å². The third-order valence-corrected chi connectivity index (χ3v) is 10.4. The Bertz CT molecular complexity index is 527. The van der Waals surface area contributed by atoms with Crippen LogP contribution in [0, 0.1) is 0 Å². The van der Waals surface area contributed by atoms with Crippen molar-refractivity contribution in [2.24, 2.45) is 0 Å². The highest BCUT2D eigenvalue weighted by atomic mass is 28.4. The number of rotatable bonds is 5. The molecule has 0 aliphatic carbocycles. The van der Waals surface area contributed by atoms with Crippen molar-refractivity contribution in [3.05, 3.63) is 72.9 Å². The summed E-state index contributed by atoms with van der Waals surface area (Å²) in [5.74, 6) is 0. The first-order chi connectivity index (χ1) is 9.15. The first kappa shape index (κ1) is 14.0. The lowest BCUT2D eigenvalue weighted by Gasteiger charge is -2.28. The zero-order chi connectivity index (χ0) is 13.7. The predicted molar refractivity (Wildman–Crippen MR) is 88.1 cm³/mol. The molecule has 0 saturated heterocycles. The van der Waals surface area contributed by atoms with Crippen LogP contribution in [-0.4, -0.2) is 17.4 Å². The van der Waals surface area contributed by atoms with Gasteiger partial charge in [0.05, 0.1) is 0 Å². The van der Waals surface area contributed by atoms with Crippen LogP contribution >= 0.6 is 0 Å². The molecule has 0 heterocycles. The summed E-state index contributed by atoms with van der Waals surface area (Å²) < 4.78 is 6.52. The largest absolute Gasteiger partial charge is 0.448 e. The van der Waals surface area contributed by atoms with Gasteiger partial charge in [0.1, 0.15) is 0 Å². The van der Waals surface area contributed by atoms with E-state index < -0.39 is 17.4 Å². The second kappa shape index (κ2) is 6.15. The van der Waals surface area contributed by atoms with E-state index in [-0.39, 0.29) is 0 Å². The molecule has 98 valence electrons. The van der Waals surface area contributed by atoms with Crippen molar-refractivity contribution < 1.29 is 4.12 Å². The third-order valence-electron chi connectivity index (χ3n) is 3.43. The molecule has 0 aliphatic rings. The topological polar surface area (TPSA) is 9.23 Å². The van der Waals surface area contributed by atoms with Gasteiger partial charge in [0, 0.05) is 0 Å². The molecule has 1 nitrogen and oxygen atoms in total. The van der Waals surface area contributed by atoms with Crippen LogP contribution < -0.4 is 10.4 Å². The van der Waals surface area contributed by atoms with Crippen molar-refractivity contribution in [2.75, 3.05) is 0 Å². The Hall–Kier alpha value is -1.43. The summed E-state index contributed by atoms with van der Waals surface area (Å²) in [6.45, 7) is 8.48. The Morgan fingerprint density at radius 1 is 1.00 bits per heavy atom. The number of benzene rings is 2. The van der Waals surface area contributed by atoms with E-state index in [9.17, 15) is 0 Å². The fraction of sp³-hybridized carbons (Fsp3) is 0.125. The summed E-state index contributed by atoms with van der Waals surface area (Å²) in [7, 11) is -3.40. The summed E-state index contributed by atoms with van der Waals surface area (Å²) in [6, 6.07) is 21.0. The summed E-state index contributed by atoms with van der Waals surface area (Å²) in [5, 5.41) is 2.64. The van der Waals surface area contributed by atoms with Crippen LogP contribution in [0.25, 0.3) is 0 Å². The maximum absolute atomic E-state index is 6.52. The molecule has 0 N–H and O–H groups in total. The summed E-state index contributed by atoms with van der Waals surface area (Å²) in [5.41, 5.74) is 2.04. The van der Waals surface area contributed by atoms with Gasteiger partial charge in [-0.25, -0.2) is 0 Å². The SMILES string of the molecule is C=C[Si](C)(O[SiH](C)c1ccccc1)c1ccccc1. The van der Waals surface area contributed by atoms with Crippen molar-refractivity contribution in [1.82, 2.24) is 0 Å². The van der Waals surface area contributed by atoms with Gasteiger partial charge >= 0.3 is 0 Å². The van der Waals surface area contributed by atoms with E-state index in [1.807, 2.05) is 17.8 Å². The van der Waals surface area contributed by atoms with Gasteiger partial charge in [0.2, 0.25) is 8.32 Å². The molecule has 0 aliphatic heterocycles. The molecule has 2 unspecified atom stereocenters. The summed E-state index contributed by atoms with van der Waals surface area (Å²) in [4.78, 5) is 0. The second-order valence-electron chi connectivity index (χ2n) is 4.85. The highest BCUT2D eigenvalue weighted by molar-refractivity contribution is 6.94. The van der Waals surface area contributed by atoms with Crippen molar-refractivity contribution in [2.45, 2.75) is 13.1 Å². The molecule has 3 heteroatoms. The highest BCUT2D eigenvalue weighted by Crippen LogP contribution is 2.09. The maximum atomic E-state index is 6.52. The zero-order valence-electron chi connectivity index (χ0n) is 11.5. The lowest BCUT2D eigenvalue weighted by Crippen LogP contribution is -2.52. The van der Waals surface area contributed by atoms with Gasteiger partial charge in [-0.15, -0.1) is 6.58 Å². The summed E-state index contributed by atoms with van der Waals surface area (Å²) in [6.07, 6.45) is 0. The molecule has 0 saturated carbocycles. The Morgan fingerprint density at radius 3 is 2.05 bits per heavy atom. The minimum Gasteiger partial charge on any atom is -0.448 e. The monoisotopic (exact) mass is 284 g/mol. The van der Waals surface area contributed by atoms with Crippen molar-refractivity contribution in [1.29, 1.82) is 0 Å². The fourth-order valence-corrected chi connectivity index (χ4v) is 8.43. The Kier molecular flexibility index (Phi) is 4.53. The van der Waals surface area contributed by atoms with Crippen molar-refractivity contribution >= 4 is 27.7 Å². The average molecular weight is 285 g/mol. The molecule has 0 radical (unpaired) electrons. The molecule has 0 aromatic heterocycles. The van der Waals surface area contributed by atoms with Gasteiger partial charge in [0.25, 0.3) is 0 Å². The molecule has 2 aromatic rings. The van der Waals surface area contributed by atoms with Crippen LogP contribution in [-0.2, 0) is 4.12 Å².